The van der Waals surface area contributed by atoms with Crippen molar-refractivity contribution in [2.45, 2.75) is 62.4 Å². The first kappa shape index (κ1) is 29.3. The molecule has 3 aromatic rings. The van der Waals surface area contributed by atoms with Gasteiger partial charge in [0.25, 0.3) is 10.0 Å². The van der Waals surface area contributed by atoms with Gasteiger partial charge in [0.15, 0.2) is 0 Å². The molecule has 1 aliphatic carbocycles. The molecule has 1 N–H and O–H groups in total. The third-order valence-electron chi connectivity index (χ3n) is 7.30. The summed E-state index contributed by atoms with van der Waals surface area (Å²) >= 11 is 0. The number of anilines is 1. The summed E-state index contributed by atoms with van der Waals surface area (Å²) < 4.78 is 43.3. The van der Waals surface area contributed by atoms with Gasteiger partial charge in [-0.2, -0.15) is 0 Å². The van der Waals surface area contributed by atoms with Crippen LogP contribution in [0.15, 0.2) is 89.8 Å². The summed E-state index contributed by atoms with van der Waals surface area (Å²) in [6.45, 7) is 1.38. The average Bonchev–Trinajstić information content (AvgIpc) is 3.48. The zero-order valence-electron chi connectivity index (χ0n) is 22.7. The first-order valence-corrected chi connectivity index (χ1v) is 15.2. The molecular formula is C31H36FN3O4S. The maximum atomic E-state index is 15.0. The van der Waals surface area contributed by atoms with E-state index >= 15 is 0 Å². The van der Waals surface area contributed by atoms with Crippen LogP contribution in [0.1, 0.15) is 44.6 Å². The lowest BCUT2D eigenvalue weighted by molar-refractivity contribution is -0.139. The van der Waals surface area contributed by atoms with E-state index in [9.17, 15) is 22.4 Å². The predicted octanol–water partition coefficient (Wildman–Crippen LogP) is 4.93. The van der Waals surface area contributed by atoms with Gasteiger partial charge in [-0.05, 0) is 55.5 Å². The Morgan fingerprint density at radius 1 is 0.925 bits per heavy atom. The standard InChI is InChI=1S/C31H36FN3O4S/c1-2-28(31(37)33-25-15-9-10-16-25)34(22-21-24-13-5-3-6-14-24)30(36)23-35(29-20-12-11-19-27(29)32)40(38,39)26-17-7-4-8-18-26/h3-8,11-14,17-20,25,28H,2,9-10,15-16,21-23H2,1H3,(H,33,37)/t28-/m0/s1. The molecule has 1 aliphatic rings. The molecule has 40 heavy (non-hydrogen) atoms. The van der Waals surface area contributed by atoms with E-state index in [0.717, 1.165) is 41.6 Å². The average molecular weight is 566 g/mol. The van der Waals surface area contributed by atoms with Gasteiger partial charge in [0.2, 0.25) is 11.8 Å². The maximum Gasteiger partial charge on any atom is 0.264 e. The molecule has 4 rings (SSSR count). The van der Waals surface area contributed by atoms with Crippen LogP contribution in [-0.2, 0) is 26.0 Å². The largest absolute Gasteiger partial charge is 0.352 e. The van der Waals surface area contributed by atoms with Crippen molar-refractivity contribution >= 4 is 27.5 Å². The fraction of sp³-hybridized carbons (Fsp3) is 0.355. The first-order chi connectivity index (χ1) is 19.3. The molecule has 0 spiro atoms. The number of para-hydroxylation sites is 1. The van der Waals surface area contributed by atoms with Gasteiger partial charge in [0.1, 0.15) is 18.4 Å². The minimum Gasteiger partial charge on any atom is -0.352 e. The second kappa shape index (κ2) is 13.6. The van der Waals surface area contributed by atoms with Crippen LogP contribution in [0.5, 0.6) is 0 Å². The number of carbonyl (C=O) groups is 2. The lowest BCUT2D eigenvalue weighted by Crippen LogP contribution is -2.54. The number of hydrogen-bond acceptors (Lipinski definition) is 4. The number of nitrogens with one attached hydrogen (secondary N) is 1. The fourth-order valence-corrected chi connectivity index (χ4v) is 6.59. The highest BCUT2D eigenvalue weighted by Gasteiger charge is 2.35. The third-order valence-corrected chi connectivity index (χ3v) is 9.08. The molecule has 0 aromatic heterocycles. The minimum atomic E-state index is -4.30. The van der Waals surface area contributed by atoms with Crippen LogP contribution in [0.3, 0.4) is 0 Å². The van der Waals surface area contributed by atoms with Crippen LogP contribution in [0.4, 0.5) is 10.1 Å². The summed E-state index contributed by atoms with van der Waals surface area (Å²) in [5, 5.41) is 3.09. The number of carbonyl (C=O) groups excluding carboxylic acids is 2. The molecule has 1 atom stereocenters. The van der Waals surface area contributed by atoms with E-state index in [2.05, 4.69) is 5.32 Å². The van der Waals surface area contributed by atoms with E-state index in [1.807, 2.05) is 37.3 Å². The number of amides is 2. The molecule has 0 aliphatic heterocycles. The van der Waals surface area contributed by atoms with Gasteiger partial charge in [-0.25, -0.2) is 12.8 Å². The normalized spacial score (nSPS) is 14.4. The maximum absolute atomic E-state index is 15.0. The second-order valence-corrected chi connectivity index (χ2v) is 11.9. The van der Waals surface area contributed by atoms with Crippen LogP contribution in [0.25, 0.3) is 0 Å². The van der Waals surface area contributed by atoms with Crippen molar-refractivity contribution in [3.63, 3.8) is 0 Å². The van der Waals surface area contributed by atoms with Crippen LogP contribution in [0, 0.1) is 5.82 Å². The third kappa shape index (κ3) is 7.07. The van der Waals surface area contributed by atoms with E-state index in [1.54, 1.807) is 18.2 Å². The van der Waals surface area contributed by atoms with E-state index < -0.39 is 34.3 Å². The predicted molar refractivity (Wildman–Crippen MR) is 154 cm³/mol. The molecular weight excluding hydrogens is 529 g/mol. The van der Waals surface area contributed by atoms with E-state index in [-0.39, 0.29) is 29.1 Å². The van der Waals surface area contributed by atoms with Gasteiger partial charge in [-0.1, -0.05) is 80.4 Å². The van der Waals surface area contributed by atoms with Crippen molar-refractivity contribution in [2.24, 2.45) is 0 Å². The van der Waals surface area contributed by atoms with Gasteiger partial charge in [-0.3, -0.25) is 13.9 Å². The minimum absolute atomic E-state index is 0.0621. The van der Waals surface area contributed by atoms with Gasteiger partial charge in [-0.15, -0.1) is 0 Å². The van der Waals surface area contributed by atoms with Crippen molar-refractivity contribution in [1.82, 2.24) is 10.2 Å². The van der Waals surface area contributed by atoms with E-state index in [1.165, 1.54) is 35.2 Å². The van der Waals surface area contributed by atoms with Gasteiger partial charge in [0, 0.05) is 12.6 Å². The van der Waals surface area contributed by atoms with Crippen molar-refractivity contribution in [1.29, 1.82) is 0 Å². The monoisotopic (exact) mass is 565 g/mol. The number of halogens is 1. The molecule has 7 nitrogen and oxygen atoms in total. The molecule has 0 bridgehead atoms. The Hall–Kier alpha value is -3.72. The summed E-state index contributed by atoms with van der Waals surface area (Å²) in [5.41, 5.74) is 0.750. The van der Waals surface area contributed by atoms with Crippen LogP contribution < -0.4 is 9.62 Å². The summed E-state index contributed by atoms with van der Waals surface area (Å²) in [6, 6.07) is 22.0. The van der Waals surface area contributed by atoms with Crippen LogP contribution in [0.2, 0.25) is 0 Å². The fourth-order valence-electron chi connectivity index (χ4n) is 5.15. The molecule has 0 radical (unpaired) electrons. The second-order valence-electron chi connectivity index (χ2n) is 10.0. The van der Waals surface area contributed by atoms with Crippen LogP contribution >= 0.6 is 0 Å². The van der Waals surface area contributed by atoms with Crippen molar-refractivity contribution in [3.8, 4) is 0 Å². The molecule has 9 heteroatoms. The Labute approximate surface area is 236 Å². The molecule has 3 aromatic carbocycles. The Morgan fingerprint density at radius 2 is 1.52 bits per heavy atom. The van der Waals surface area contributed by atoms with Gasteiger partial charge >= 0.3 is 0 Å². The number of rotatable bonds is 12. The van der Waals surface area contributed by atoms with Crippen molar-refractivity contribution in [3.05, 3.63) is 96.3 Å². The summed E-state index contributed by atoms with van der Waals surface area (Å²) in [6.07, 6.45) is 4.73. The SMILES string of the molecule is CC[C@@H](C(=O)NC1CCCC1)N(CCc1ccccc1)C(=O)CN(c1ccccc1F)S(=O)(=O)c1ccccc1. The van der Waals surface area contributed by atoms with E-state index in [4.69, 9.17) is 0 Å². The first-order valence-electron chi connectivity index (χ1n) is 13.8. The molecule has 1 saturated carbocycles. The summed E-state index contributed by atoms with van der Waals surface area (Å²) in [7, 11) is -4.30. The molecule has 0 saturated heterocycles. The van der Waals surface area contributed by atoms with Crippen LogP contribution in [-0.4, -0.2) is 50.3 Å². The highest BCUT2D eigenvalue weighted by atomic mass is 32.2. The Morgan fingerprint density at radius 3 is 2.15 bits per heavy atom. The molecule has 2 amide bonds. The lowest BCUT2D eigenvalue weighted by Gasteiger charge is -2.33. The molecule has 0 heterocycles. The summed E-state index contributed by atoms with van der Waals surface area (Å²) in [4.78, 5) is 28.8. The number of benzene rings is 3. The quantitative estimate of drug-likeness (QED) is 0.338. The zero-order chi connectivity index (χ0) is 28.5. The Kier molecular flexibility index (Phi) is 9.93. The van der Waals surface area contributed by atoms with Gasteiger partial charge in [0.05, 0.1) is 10.6 Å². The van der Waals surface area contributed by atoms with Gasteiger partial charge < -0.3 is 10.2 Å². The van der Waals surface area contributed by atoms with E-state index in [0.29, 0.717) is 12.8 Å². The topological polar surface area (TPSA) is 86.8 Å². The zero-order valence-corrected chi connectivity index (χ0v) is 23.5. The van der Waals surface area contributed by atoms with Crippen molar-refractivity contribution < 1.29 is 22.4 Å². The molecule has 1 fully saturated rings. The lowest BCUT2D eigenvalue weighted by atomic mass is 10.1. The molecule has 0 unspecified atom stereocenters. The highest BCUT2D eigenvalue weighted by Crippen LogP contribution is 2.27. The number of hydrogen-bond donors (Lipinski definition) is 1. The Balaban J connectivity index is 1.67. The molecule has 212 valence electrons. The number of sulfonamides is 1. The Bertz CT molecular complexity index is 1380. The number of nitrogens with zero attached hydrogens (tertiary/aromatic N) is 2. The van der Waals surface area contributed by atoms with Crippen molar-refractivity contribution in [2.75, 3.05) is 17.4 Å². The highest BCUT2D eigenvalue weighted by molar-refractivity contribution is 7.92. The smallest absolute Gasteiger partial charge is 0.264 e. The summed E-state index contributed by atoms with van der Waals surface area (Å²) in [5.74, 6) is -1.59.